The van der Waals surface area contributed by atoms with E-state index in [1.54, 1.807) is 18.3 Å². The first kappa shape index (κ1) is 10.8. The molecule has 1 aromatic heterocycles. The predicted octanol–water partition coefficient (Wildman–Crippen LogP) is 2.41. The Bertz CT molecular complexity index is 480. The van der Waals surface area contributed by atoms with Gasteiger partial charge in [-0.2, -0.15) is 0 Å². The molecule has 3 nitrogen and oxygen atoms in total. The van der Waals surface area contributed by atoms with E-state index in [9.17, 15) is 4.39 Å². The third kappa shape index (κ3) is 2.12. The fraction of sp³-hybridized carbons (Fsp3) is 0.250. The summed E-state index contributed by atoms with van der Waals surface area (Å²) in [4.78, 5) is 7.34. The zero-order valence-electron chi connectivity index (χ0n) is 9.29. The minimum atomic E-state index is -0.502. The molecule has 0 radical (unpaired) electrons. The Kier molecular flexibility index (Phi) is 2.52. The monoisotopic (exact) mass is 219 g/mol. The highest BCUT2D eigenvalue weighted by molar-refractivity contribution is 5.58. The van der Waals surface area contributed by atoms with E-state index in [1.807, 2.05) is 13.8 Å². The van der Waals surface area contributed by atoms with E-state index in [0.717, 1.165) is 11.3 Å². The predicted molar refractivity (Wildman–Crippen MR) is 61.2 cm³/mol. The van der Waals surface area contributed by atoms with Crippen LogP contribution in [-0.2, 0) is 5.54 Å². The lowest BCUT2D eigenvalue weighted by Gasteiger charge is -2.14. The molecule has 0 aliphatic carbocycles. The number of imidazole rings is 1. The van der Waals surface area contributed by atoms with Crippen LogP contribution in [0.15, 0.2) is 30.5 Å². The number of halogens is 1. The van der Waals surface area contributed by atoms with E-state index in [1.165, 1.54) is 12.1 Å². The van der Waals surface area contributed by atoms with Crippen molar-refractivity contribution in [3.63, 3.8) is 0 Å². The number of H-pyrrole nitrogens is 1. The standard InChI is InChI=1S/C12H14FN3/c1-12(2,14)11-15-7-10(16-11)8-3-5-9(13)6-4-8/h3-7H,14H2,1-2H3,(H,15,16). The van der Waals surface area contributed by atoms with Crippen LogP contribution in [0.1, 0.15) is 19.7 Å². The molecule has 1 heterocycles. The third-order valence-corrected chi connectivity index (χ3v) is 2.34. The second kappa shape index (κ2) is 3.72. The van der Waals surface area contributed by atoms with Gasteiger partial charge in [0, 0.05) is 0 Å². The second-order valence-electron chi connectivity index (χ2n) is 4.37. The fourth-order valence-electron chi connectivity index (χ4n) is 1.42. The van der Waals surface area contributed by atoms with Crippen molar-refractivity contribution in [2.24, 2.45) is 5.73 Å². The van der Waals surface area contributed by atoms with Crippen LogP contribution in [0, 0.1) is 5.82 Å². The van der Waals surface area contributed by atoms with Crippen LogP contribution in [0.5, 0.6) is 0 Å². The van der Waals surface area contributed by atoms with Gasteiger partial charge < -0.3 is 10.7 Å². The van der Waals surface area contributed by atoms with Gasteiger partial charge in [-0.1, -0.05) is 0 Å². The van der Waals surface area contributed by atoms with E-state index < -0.39 is 5.54 Å². The molecule has 2 rings (SSSR count). The molecule has 16 heavy (non-hydrogen) atoms. The van der Waals surface area contributed by atoms with Gasteiger partial charge in [0.15, 0.2) is 0 Å². The Morgan fingerprint density at radius 3 is 2.38 bits per heavy atom. The second-order valence-corrected chi connectivity index (χ2v) is 4.37. The lowest BCUT2D eigenvalue weighted by Crippen LogP contribution is -2.30. The Balaban J connectivity index is 2.35. The van der Waals surface area contributed by atoms with Crippen molar-refractivity contribution < 1.29 is 4.39 Å². The molecule has 3 N–H and O–H groups in total. The molecule has 0 spiro atoms. The number of nitrogens with zero attached hydrogens (tertiary/aromatic N) is 1. The molecule has 0 bridgehead atoms. The summed E-state index contributed by atoms with van der Waals surface area (Å²) >= 11 is 0. The highest BCUT2D eigenvalue weighted by atomic mass is 19.1. The molecular weight excluding hydrogens is 205 g/mol. The highest BCUT2D eigenvalue weighted by Gasteiger charge is 2.18. The van der Waals surface area contributed by atoms with Gasteiger partial charge in [-0.15, -0.1) is 0 Å². The lowest BCUT2D eigenvalue weighted by atomic mass is 10.1. The first-order valence-electron chi connectivity index (χ1n) is 5.07. The molecule has 0 saturated heterocycles. The summed E-state index contributed by atoms with van der Waals surface area (Å²) in [6.07, 6.45) is 1.71. The third-order valence-electron chi connectivity index (χ3n) is 2.34. The van der Waals surface area contributed by atoms with E-state index in [2.05, 4.69) is 9.97 Å². The molecular formula is C12H14FN3. The zero-order valence-corrected chi connectivity index (χ0v) is 9.29. The van der Waals surface area contributed by atoms with Crippen LogP contribution in [0.3, 0.4) is 0 Å². The fourth-order valence-corrected chi connectivity index (χ4v) is 1.42. The maximum Gasteiger partial charge on any atom is 0.126 e. The molecule has 0 saturated carbocycles. The summed E-state index contributed by atoms with van der Waals surface area (Å²) in [5.74, 6) is 0.467. The van der Waals surface area contributed by atoms with Crippen molar-refractivity contribution in [3.05, 3.63) is 42.1 Å². The minimum Gasteiger partial charge on any atom is -0.340 e. The average molecular weight is 219 g/mol. The quantitative estimate of drug-likeness (QED) is 0.814. The molecule has 0 aliphatic rings. The van der Waals surface area contributed by atoms with Crippen molar-refractivity contribution in [3.8, 4) is 11.3 Å². The largest absolute Gasteiger partial charge is 0.340 e. The molecule has 1 aromatic carbocycles. The van der Waals surface area contributed by atoms with Gasteiger partial charge in [0.25, 0.3) is 0 Å². The van der Waals surface area contributed by atoms with Gasteiger partial charge in [0.05, 0.1) is 17.4 Å². The first-order valence-corrected chi connectivity index (χ1v) is 5.07. The van der Waals surface area contributed by atoms with E-state index in [4.69, 9.17) is 5.73 Å². The Morgan fingerprint density at radius 2 is 1.88 bits per heavy atom. The molecule has 0 amide bonds. The topological polar surface area (TPSA) is 54.7 Å². The van der Waals surface area contributed by atoms with Crippen LogP contribution in [-0.4, -0.2) is 9.97 Å². The number of hydrogen-bond donors (Lipinski definition) is 2. The number of aromatic nitrogens is 2. The number of rotatable bonds is 2. The molecule has 2 aromatic rings. The average Bonchev–Trinajstić information content (AvgIpc) is 2.67. The van der Waals surface area contributed by atoms with Gasteiger partial charge >= 0.3 is 0 Å². The van der Waals surface area contributed by atoms with Crippen LogP contribution in [0.4, 0.5) is 4.39 Å². The molecule has 0 fully saturated rings. The summed E-state index contributed by atoms with van der Waals surface area (Å²) in [5.41, 5.74) is 7.15. The zero-order chi connectivity index (χ0) is 11.8. The molecule has 0 unspecified atom stereocenters. The Labute approximate surface area is 93.5 Å². The minimum absolute atomic E-state index is 0.248. The van der Waals surface area contributed by atoms with Gasteiger partial charge in [0.2, 0.25) is 0 Å². The Morgan fingerprint density at radius 1 is 1.25 bits per heavy atom. The maximum atomic E-state index is 12.8. The molecule has 84 valence electrons. The highest BCUT2D eigenvalue weighted by Crippen LogP contribution is 2.20. The number of nitrogens with one attached hydrogen (secondary N) is 1. The first-order chi connectivity index (χ1) is 7.47. The van der Waals surface area contributed by atoms with Crippen molar-refractivity contribution in [2.75, 3.05) is 0 Å². The van der Waals surface area contributed by atoms with Crippen LogP contribution < -0.4 is 5.73 Å². The molecule has 0 atom stereocenters. The maximum absolute atomic E-state index is 12.8. The van der Waals surface area contributed by atoms with Crippen molar-refractivity contribution in [1.82, 2.24) is 9.97 Å². The summed E-state index contributed by atoms with van der Waals surface area (Å²) in [5, 5.41) is 0. The summed E-state index contributed by atoms with van der Waals surface area (Å²) < 4.78 is 12.8. The lowest BCUT2D eigenvalue weighted by molar-refractivity contribution is 0.520. The van der Waals surface area contributed by atoms with E-state index in [0.29, 0.717) is 5.82 Å². The van der Waals surface area contributed by atoms with Gasteiger partial charge in [-0.05, 0) is 43.7 Å². The van der Waals surface area contributed by atoms with Gasteiger partial charge in [-0.3, -0.25) is 0 Å². The molecule has 4 heteroatoms. The summed E-state index contributed by atoms with van der Waals surface area (Å²) in [6.45, 7) is 3.75. The number of nitrogens with two attached hydrogens (primary N) is 1. The SMILES string of the molecule is CC(C)(N)c1ncc(-c2ccc(F)cc2)[nH]1. The van der Waals surface area contributed by atoms with Crippen molar-refractivity contribution >= 4 is 0 Å². The summed E-state index contributed by atoms with van der Waals surface area (Å²) in [6, 6.07) is 6.25. The van der Waals surface area contributed by atoms with Gasteiger partial charge in [-0.25, -0.2) is 9.37 Å². The number of hydrogen-bond acceptors (Lipinski definition) is 2. The molecule has 0 aliphatic heterocycles. The number of aromatic amines is 1. The van der Waals surface area contributed by atoms with Gasteiger partial charge in [0.1, 0.15) is 11.6 Å². The van der Waals surface area contributed by atoms with E-state index in [-0.39, 0.29) is 5.82 Å². The number of benzene rings is 1. The van der Waals surface area contributed by atoms with Crippen LogP contribution in [0.2, 0.25) is 0 Å². The van der Waals surface area contributed by atoms with Crippen LogP contribution >= 0.6 is 0 Å². The summed E-state index contributed by atoms with van der Waals surface area (Å²) in [7, 11) is 0. The smallest absolute Gasteiger partial charge is 0.126 e. The van der Waals surface area contributed by atoms with Crippen LogP contribution in [0.25, 0.3) is 11.3 Å². The van der Waals surface area contributed by atoms with Crippen molar-refractivity contribution in [1.29, 1.82) is 0 Å². The van der Waals surface area contributed by atoms with Crippen molar-refractivity contribution in [2.45, 2.75) is 19.4 Å². The normalized spacial score (nSPS) is 11.8. The van der Waals surface area contributed by atoms with E-state index >= 15 is 0 Å². The Hall–Kier alpha value is -1.68.